The van der Waals surface area contributed by atoms with E-state index in [1.807, 2.05) is 24.3 Å². The summed E-state index contributed by atoms with van der Waals surface area (Å²) in [7, 11) is 0. The van der Waals surface area contributed by atoms with E-state index in [1.54, 1.807) is 30.5 Å². The van der Waals surface area contributed by atoms with Gasteiger partial charge in [-0.05, 0) is 47.5 Å². The number of aromatic hydroxyl groups is 1. The standard InChI is InChI=1S/C16H14ClN5OS/c17-13-5-1-12(2-6-13)10-24-16-19-15(21-22-16)20-18-9-11-3-7-14(23)8-4-11/h1-9,23H,10H2,(H2,19,20,21,22). The zero-order valence-corrected chi connectivity index (χ0v) is 14.1. The van der Waals surface area contributed by atoms with Gasteiger partial charge < -0.3 is 5.11 Å². The second-order valence-electron chi connectivity index (χ2n) is 4.84. The molecule has 0 aliphatic rings. The number of hydrogen-bond donors (Lipinski definition) is 3. The number of H-pyrrole nitrogens is 1. The van der Waals surface area contributed by atoms with E-state index in [9.17, 15) is 5.11 Å². The molecule has 122 valence electrons. The number of nitrogens with zero attached hydrogens (tertiary/aromatic N) is 3. The molecule has 3 N–H and O–H groups in total. The van der Waals surface area contributed by atoms with Gasteiger partial charge >= 0.3 is 0 Å². The number of hydrazone groups is 1. The number of nitrogens with one attached hydrogen (secondary N) is 2. The van der Waals surface area contributed by atoms with Gasteiger partial charge in [0.2, 0.25) is 11.1 Å². The van der Waals surface area contributed by atoms with Crippen LogP contribution in [0.25, 0.3) is 0 Å². The largest absolute Gasteiger partial charge is 0.508 e. The summed E-state index contributed by atoms with van der Waals surface area (Å²) in [6.07, 6.45) is 1.63. The maximum atomic E-state index is 9.22. The summed E-state index contributed by atoms with van der Waals surface area (Å²) in [5.41, 5.74) is 4.79. The molecule has 0 atom stereocenters. The molecule has 8 heteroatoms. The average molecular weight is 360 g/mol. The zero-order chi connectivity index (χ0) is 16.8. The van der Waals surface area contributed by atoms with Crippen LogP contribution in [0.3, 0.4) is 0 Å². The molecule has 0 amide bonds. The highest BCUT2D eigenvalue weighted by molar-refractivity contribution is 7.98. The average Bonchev–Trinajstić information content (AvgIpc) is 3.04. The third-order valence-electron chi connectivity index (χ3n) is 3.02. The normalized spacial score (nSPS) is 11.0. The summed E-state index contributed by atoms with van der Waals surface area (Å²) in [5.74, 6) is 1.44. The van der Waals surface area contributed by atoms with Crippen molar-refractivity contribution in [3.05, 3.63) is 64.7 Å². The number of phenolic OH excluding ortho intramolecular Hbond substituents is 1. The van der Waals surface area contributed by atoms with E-state index < -0.39 is 0 Å². The number of hydrogen-bond acceptors (Lipinski definition) is 6. The topological polar surface area (TPSA) is 86.2 Å². The highest BCUT2D eigenvalue weighted by atomic mass is 35.5. The van der Waals surface area contributed by atoms with Gasteiger partial charge in [-0.3, -0.25) is 0 Å². The Labute approximate surface area is 148 Å². The van der Waals surface area contributed by atoms with Gasteiger partial charge in [0, 0.05) is 10.8 Å². The number of benzene rings is 2. The van der Waals surface area contributed by atoms with Gasteiger partial charge in [-0.2, -0.15) is 10.1 Å². The van der Waals surface area contributed by atoms with Crippen LogP contribution in [0.15, 0.2) is 58.8 Å². The molecule has 3 aromatic rings. The number of aromatic nitrogens is 3. The van der Waals surface area contributed by atoms with Gasteiger partial charge in [-0.1, -0.05) is 35.5 Å². The quantitative estimate of drug-likeness (QED) is 0.353. The van der Waals surface area contributed by atoms with Crippen molar-refractivity contribution in [2.45, 2.75) is 10.9 Å². The summed E-state index contributed by atoms with van der Waals surface area (Å²) >= 11 is 7.38. The minimum atomic E-state index is 0.220. The molecule has 1 aromatic heterocycles. The van der Waals surface area contributed by atoms with Gasteiger partial charge in [0.05, 0.1) is 6.21 Å². The van der Waals surface area contributed by atoms with E-state index in [4.69, 9.17) is 11.6 Å². The molecule has 3 rings (SSSR count). The molecule has 0 spiro atoms. The Morgan fingerprint density at radius 1 is 1.17 bits per heavy atom. The minimum absolute atomic E-state index is 0.220. The molecule has 0 bridgehead atoms. The van der Waals surface area contributed by atoms with Crippen LogP contribution in [-0.4, -0.2) is 26.5 Å². The highest BCUT2D eigenvalue weighted by Crippen LogP contribution is 2.21. The molecule has 6 nitrogen and oxygen atoms in total. The first-order chi connectivity index (χ1) is 11.7. The van der Waals surface area contributed by atoms with Gasteiger partial charge in [0.15, 0.2) is 0 Å². The lowest BCUT2D eigenvalue weighted by Gasteiger charge is -1.98. The molecule has 0 saturated heterocycles. The Balaban J connectivity index is 1.51. The number of aromatic amines is 1. The van der Waals surface area contributed by atoms with Crippen LogP contribution in [0.1, 0.15) is 11.1 Å². The van der Waals surface area contributed by atoms with Crippen molar-refractivity contribution in [2.24, 2.45) is 5.10 Å². The van der Waals surface area contributed by atoms with Crippen molar-refractivity contribution in [2.75, 3.05) is 5.43 Å². The lowest BCUT2D eigenvalue weighted by molar-refractivity contribution is 0.475. The van der Waals surface area contributed by atoms with Gasteiger partial charge in [0.1, 0.15) is 5.75 Å². The lowest BCUT2D eigenvalue weighted by Crippen LogP contribution is -1.92. The van der Waals surface area contributed by atoms with Crippen molar-refractivity contribution >= 4 is 35.5 Å². The fourth-order valence-corrected chi connectivity index (χ4v) is 2.70. The lowest BCUT2D eigenvalue weighted by atomic mass is 10.2. The number of rotatable bonds is 6. The van der Waals surface area contributed by atoms with Gasteiger partial charge in [-0.15, -0.1) is 5.10 Å². The number of phenols is 1. The summed E-state index contributed by atoms with van der Waals surface area (Å²) in [4.78, 5) is 4.29. The highest BCUT2D eigenvalue weighted by Gasteiger charge is 2.03. The van der Waals surface area contributed by atoms with E-state index >= 15 is 0 Å². The predicted molar refractivity (Wildman–Crippen MR) is 96.7 cm³/mol. The van der Waals surface area contributed by atoms with Crippen LogP contribution >= 0.6 is 23.4 Å². The summed E-state index contributed by atoms with van der Waals surface area (Å²) in [6.45, 7) is 0. The molecule has 0 aliphatic heterocycles. The maximum absolute atomic E-state index is 9.22. The second-order valence-corrected chi connectivity index (χ2v) is 6.22. The number of halogens is 1. The zero-order valence-electron chi connectivity index (χ0n) is 12.5. The summed E-state index contributed by atoms with van der Waals surface area (Å²) < 4.78 is 0. The first-order valence-corrected chi connectivity index (χ1v) is 8.43. The third-order valence-corrected chi connectivity index (χ3v) is 4.19. The second kappa shape index (κ2) is 7.85. The fourth-order valence-electron chi connectivity index (χ4n) is 1.82. The van der Waals surface area contributed by atoms with Crippen molar-refractivity contribution in [3.63, 3.8) is 0 Å². The monoisotopic (exact) mass is 359 g/mol. The Kier molecular flexibility index (Phi) is 5.35. The van der Waals surface area contributed by atoms with Crippen LogP contribution in [-0.2, 0) is 5.75 Å². The van der Waals surface area contributed by atoms with Crippen LogP contribution in [0.4, 0.5) is 5.95 Å². The number of anilines is 1. The van der Waals surface area contributed by atoms with E-state index in [1.165, 1.54) is 11.8 Å². The van der Waals surface area contributed by atoms with Crippen molar-refractivity contribution in [1.82, 2.24) is 15.2 Å². The van der Waals surface area contributed by atoms with Crippen molar-refractivity contribution in [1.29, 1.82) is 0 Å². The molecule has 0 fully saturated rings. The molecule has 0 saturated carbocycles. The smallest absolute Gasteiger partial charge is 0.240 e. The number of thioether (sulfide) groups is 1. The summed E-state index contributed by atoms with van der Waals surface area (Å²) in [5, 5.41) is 21.5. The first-order valence-electron chi connectivity index (χ1n) is 7.07. The SMILES string of the molecule is Oc1ccc(C=NNc2nc(SCc3ccc(Cl)cc3)n[nH]2)cc1. The summed E-state index contributed by atoms with van der Waals surface area (Å²) in [6, 6.07) is 14.4. The van der Waals surface area contributed by atoms with Crippen molar-refractivity contribution in [3.8, 4) is 5.75 Å². The fraction of sp³-hybridized carbons (Fsp3) is 0.0625. The Morgan fingerprint density at radius 2 is 1.92 bits per heavy atom. The molecule has 24 heavy (non-hydrogen) atoms. The Bertz CT molecular complexity index is 817. The Hall–Kier alpha value is -2.51. The minimum Gasteiger partial charge on any atom is -0.508 e. The van der Waals surface area contributed by atoms with E-state index in [0.29, 0.717) is 11.1 Å². The first kappa shape index (κ1) is 16.4. The van der Waals surface area contributed by atoms with E-state index in [-0.39, 0.29) is 5.75 Å². The van der Waals surface area contributed by atoms with Gasteiger partial charge in [-0.25, -0.2) is 10.5 Å². The molecule has 0 aliphatic carbocycles. The van der Waals surface area contributed by atoms with E-state index in [0.717, 1.165) is 21.9 Å². The maximum Gasteiger partial charge on any atom is 0.240 e. The van der Waals surface area contributed by atoms with Crippen LogP contribution < -0.4 is 5.43 Å². The molecule has 0 unspecified atom stereocenters. The van der Waals surface area contributed by atoms with Gasteiger partial charge in [0.25, 0.3) is 0 Å². The van der Waals surface area contributed by atoms with Crippen LogP contribution in [0.2, 0.25) is 5.02 Å². The van der Waals surface area contributed by atoms with E-state index in [2.05, 4.69) is 25.7 Å². The third kappa shape index (κ3) is 4.74. The molecule has 0 radical (unpaired) electrons. The molecule has 2 aromatic carbocycles. The molecular weight excluding hydrogens is 346 g/mol. The van der Waals surface area contributed by atoms with Crippen LogP contribution in [0, 0.1) is 0 Å². The molecule has 1 heterocycles. The Morgan fingerprint density at radius 3 is 2.67 bits per heavy atom. The molecular formula is C16H14ClN5OS. The van der Waals surface area contributed by atoms with Crippen molar-refractivity contribution < 1.29 is 5.11 Å². The predicted octanol–water partition coefficient (Wildman–Crippen LogP) is 3.90. The van der Waals surface area contributed by atoms with Crippen LogP contribution in [0.5, 0.6) is 5.75 Å².